The Bertz CT molecular complexity index is 1190. The van der Waals surface area contributed by atoms with Crippen LogP contribution in [0.2, 0.25) is 15.1 Å². The first kappa shape index (κ1) is 28.0. The molecule has 190 valence electrons. The van der Waals surface area contributed by atoms with E-state index in [1.807, 2.05) is 0 Å². The molecule has 0 radical (unpaired) electrons. The van der Waals surface area contributed by atoms with Gasteiger partial charge in [0.25, 0.3) is 5.91 Å². The fourth-order valence-corrected chi connectivity index (χ4v) is 4.83. The minimum Gasteiger partial charge on any atom is -0.346 e. The summed E-state index contributed by atoms with van der Waals surface area (Å²) in [5.41, 5.74) is -0.500. The van der Waals surface area contributed by atoms with Gasteiger partial charge in [-0.05, 0) is 29.8 Å². The molecule has 2 aromatic rings. The van der Waals surface area contributed by atoms with Gasteiger partial charge in [-0.2, -0.15) is 22.0 Å². The molecule has 0 unspecified atom stereocenters. The van der Waals surface area contributed by atoms with Crippen LogP contribution < -0.4 is 10.6 Å². The first-order chi connectivity index (χ1) is 16.0. The Labute approximate surface area is 218 Å². The molecule has 1 aliphatic rings. The van der Waals surface area contributed by atoms with E-state index in [1.165, 1.54) is 23.5 Å². The van der Waals surface area contributed by atoms with Crippen LogP contribution in [0.1, 0.15) is 21.8 Å². The average Bonchev–Trinajstić information content (AvgIpc) is 3.32. The number of rotatable bonds is 6. The van der Waals surface area contributed by atoms with E-state index in [0.717, 1.165) is 12.1 Å². The molecular weight excluding hydrogens is 591 g/mol. The van der Waals surface area contributed by atoms with Crippen LogP contribution >= 0.6 is 58.0 Å². The van der Waals surface area contributed by atoms with Crippen LogP contribution in [0.25, 0.3) is 0 Å². The summed E-state index contributed by atoms with van der Waals surface area (Å²) < 4.78 is 75.1. The van der Waals surface area contributed by atoms with Crippen molar-refractivity contribution in [2.75, 3.05) is 11.9 Å². The largest absolute Gasteiger partial charge is 0.455 e. The number of hydrogen-bond acceptors (Lipinski definition) is 2. The lowest BCUT2D eigenvalue weighted by atomic mass is 10.1. The summed E-state index contributed by atoms with van der Waals surface area (Å²) in [7, 11) is 0. The lowest BCUT2D eigenvalue weighted by Gasteiger charge is -2.20. The molecular formula is C20H11Cl5F6N2O2. The molecule has 0 heterocycles. The fraction of sp³-hybridized carbons (Fsp3) is 0.300. The number of nitrogens with one attached hydrogen (secondary N) is 2. The van der Waals surface area contributed by atoms with Crippen molar-refractivity contribution in [1.82, 2.24) is 5.32 Å². The lowest BCUT2D eigenvalue weighted by molar-refractivity contribution is -0.278. The van der Waals surface area contributed by atoms with Gasteiger partial charge >= 0.3 is 12.1 Å². The number of halogens is 11. The molecule has 2 amide bonds. The number of carbonyl (C=O) groups is 2. The summed E-state index contributed by atoms with van der Waals surface area (Å²) in [6.45, 7) is -2.07. The maximum atomic E-state index is 13.4. The predicted octanol–water partition coefficient (Wildman–Crippen LogP) is 7.24. The van der Waals surface area contributed by atoms with Crippen LogP contribution in [0.3, 0.4) is 0 Å². The van der Waals surface area contributed by atoms with Crippen LogP contribution in [0.4, 0.5) is 32.0 Å². The number of amides is 2. The van der Waals surface area contributed by atoms with Crippen LogP contribution in [0.15, 0.2) is 30.3 Å². The fourth-order valence-electron chi connectivity index (χ4n) is 3.22. The molecule has 0 spiro atoms. The molecule has 1 aliphatic carbocycles. The van der Waals surface area contributed by atoms with Crippen molar-refractivity contribution in [2.45, 2.75) is 22.4 Å². The minimum absolute atomic E-state index is 0.217. The third-order valence-corrected chi connectivity index (χ3v) is 7.04. The van der Waals surface area contributed by atoms with E-state index in [-0.39, 0.29) is 15.7 Å². The molecule has 0 bridgehead atoms. The van der Waals surface area contributed by atoms with E-state index in [9.17, 15) is 35.9 Å². The molecule has 3 rings (SSSR count). The molecule has 0 aliphatic heterocycles. The van der Waals surface area contributed by atoms with Crippen LogP contribution in [-0.4, -0.2) is 34.8 Å². The highest BCUT2D eigenvalue weighted by atomic mass is 35.5. The van der Waals surface area contributed by atoms with E-state index in [1.54, 1.807) is 0 Å². The van der Waals surface area contributed by atoms with Gasteiger partial charge in [0, 0.05) is 5.92 Å². The Balaban J connectivity index is 1.79. The predicted molar refractivity (Wildman–Crippen MR) is 121 cm³/mol. The minimum atomic E-state index is -5.89. The highest BCUT2D eigenvalue weighted by Gasteiger charge is 2.67. The molecule has 15 heteroatoms. The quantitative estimate of drug-likeness (QED) is 0.271. The standard InChI is InChI=1S/C20H11Cl5F6N2O2/c21-8-2-4-11(15(23)12(8)16(34)32-6-18(27,28)20(29,30)31)33-17(35)14-13(19(14,24)25)7-1-3-10(26)9(22)5-7/h1-5,13-14H,6H2,(H,32,34)(H,33,35)/t13-,14+/m0/s1. The maximum absolute atomic E-state index is 13.4. The SMILES string of the molecule is O=C(NCC(F)(F)C(F)(F)F)c1c(Cl)ccc(NC(=O)[C@H]2[C@H](c3ccc(F)c(Cl)c3)C2(Cl)Cl)c1Cl. The number of anilines is 1. The van der Waals surface area contributed by atoms with Gasteiger partial charge in [-0.15, -0.1) is 23.2 Å². The average molecular weight is 603 g/mol. The van der Waals surface area contributed by atoms with E-state index >= 15 is 0 Å². The molecule has 0 saturated heterocycles. The van der Waals surface area contributed by atoms with Crippen molar-refractivity contribution < 1.29 is 35.9 Å². The monoisotopic (exact) mass is 600 g/mol. The van der Waals surface area contributed by atoms with Crippen molar-refractivity contribution in [3.63, 3.8) is 0 Å². The van der Waals surface area contributed by atoms with Crippen LogP contribution in [-0.2, 0) is 4.79 Å². The second kappa shape index (κ2) is 9.70. The first-order valence-corrected chi connectivity index (χ1v) is 11.2. The van der Waals surface area contributed by atoms with E-state index < -0.39 is 63.0 Å². The van der Waals surface area contributed by atoms with Gasteiger partial charge in [-0.3, -0.25) is 9.59 Å². The van der Waals surface area contributed by atoms with Crippen molar-refractivity contribution in [1.29, 1.82) is 0 Å². The number of carbonyl (C=O) groups excluding carboxylic acids is 2. The van der Waals surface area contributed by atoms with Crippen molar-refractivity contribution in [3.05, 3.63) is 62.3 Å². The molecule has 1 saturated carbocycles. The van der Waals surface area contributed by atoms with Gasteiger partial charge < -0.3 is 10.6 Å². The summed E-state index contributed by atoms with van der Waals surface area (Å²) >= 11 is 30.1. The normalized spacial score (nSPS) is 19.3. The molecule has 1 fully saturated rings. The number of benzene rings is 2. The van der Waals surface area contributed by atoms with Crippen LogP contribution in [0.5, 0.6) is 0 Å². The third kappa shape index (κ3) is 5.56. The van der Waals surface area contributed by atoms with Crippen LogP contribution in [0, 0.1) is 11.7 Å². The van der Waals surface area contributed by atoms with E-state index in [2.05, 4.69) is 5.32 Å². The second-order valence-corrected chi connectivity index (χ2v) is 10.1. The highest BCUT2D eigenvalue weighted by Crippen LogP contribution is 2.65. The van der Waals surface area contributed by atoms with E-state index in [0.29, 0.717) is 5.56 Å². The topological polar surface area (TPSA) is 58.2 Å². The zero-order chi connectivity index (χ0) is 26.5. The molecule has 2 aromatic carbocycles. The number of hydrogen-bond donors (Lipinski definition) is 2. The summed E-state index contributed by atoms with van der Waals surface area (Å²) in [6, 6.07) is 5.90. The number of alkyl halides is 7. The Hall–Kier alpha value is -1.59. The van der Waals surface area contributed by atoms with Gasteiger partial charge in [0.2, 0.25) is 5.91 Å². The summed E-state index contributed by atoms with van der Waals surface area (Å²) in [5, 5.41) is 2.65. The maximum Gasteiger partial charge on any atom is 0.455 e. The summed E-state index contributed by atoms with van der Waals surface area (Å²) in [6.07, 6.45) is -5.89. The Kier molecular flexibility index (Phi) is 7.76. The van der Waals surface area contributed by atoms with Gasteiger partial charge in [0.1, 0.15) is 10.2 Å². The van der Waals surface area contributed by atoms with Crippen molar-refractivity contribution in [2.24, 2.45) is 5.92 Å². The molecule has 2 N–H and O–H groups in total. The molecule has 2 atom stereocenters. The second-order valence-electron chi connectivity index (χ2n) is 7.46. The van der Waals surface area contributed by atoms with Crippen molar-refractivity contribution in [3.8, 4) is 0 Å². The Morgan fingerprint density at radius 1 is 0.971 bits per heavy atom. The Morgan fingerprint density at radius 3 is 2.17 bits per heavy atom. The zero-order valence-corrected chi connectivity index (χ0v) is 20.5. The first-order valence-electron chi connectivity index (χ1n) is 9.33. The smallest absolute Gasteiger partial charge is 0.346 e. The van der Waals surface area contributed by atoms with Gasteiger partial charge in [0.05, 0.1) is 38.8 Å². The third-order valence-electron chi connectivity index (χ3n) is 5.10. The Morgan fingerprint density at radius 2 is 1.60 bits per heavy atom. The van der Waals surface area contributed by atoms with E-state index in [4.69, 9.17) is 58.0 Å². The zero-order valence-electron chi connectivity index (χ0n) is 16.7. The summed E-state index contributed by atoms with van der Waals surface area (Å²) in [4.78, 5) is 25.1. The van der Waals surface area contributed by atoms with Gasteiger partial charge in [0.15, 0.2) is 0 Å². The molecule has 0 aromatic heterocycles. The highest BCUT2D eigenvalue weighted by molar-refractivity contribution is 6.53. The molecule has 4 nitrogen and oxygen atoms in total. The van der Waals surface area contributed by atoms with Gasteiger partial charge in [-0.1, -0.05) is 40.9 Å². The lowest BCUT2D eigenvalue weighted by Crippen LogP contribution is -2.46. The van der Waals surface area contributed by atoms with Gasteiger partial charge in [-0.25, -0.2) is 4.39 Å². The summed E-state index contributed by atoms with van der Waals surface area (Å²) in [5.74, 6) is -9.97. The molecule has 35 heavy (non-hydrogen) atoms. The van der Waals surface area contributed by atoms with Crippen molar-refractivity contribution >= 4 is 75.5 Å².